The number of aryl methyl sites for hydroxylation is 1. The lowest BCUT2D eigenvalue weighted by Crippen LogP contribution is -2.29. The van der Waals surface area contributed by atoms with Gasteiger partial charge in [-0.05, 0) is 26.1 Å². The van der Waals surface area contributed by atoms with Crippen molar-refractivity contribution in [3.8, 4) is 0 Å². The van der Waals surface area contributed by atoms with E-state index >= 15 is 0 Å². The summed E-state index contributed by atoms with van der Waals surface area (Å²) in [6.45, 7) is 3.06. The Kier molecular flexibility index (Phi) is 3.61. The van der Waals surface area contributed by atoms with E-state index < -0.39 is 0 Å². The summed E-state index contributed by atoms with van der Waals surface area (Å²) < 4.78 is 10.4. The first-order valence-electron chi connectivity index (χ1n) is 5.56. The highest BCUT2D eigenvalue weighted by Crippen LogP contribution is 2.20. The third-order valence-corrected chi connectivity index (χ3v) is 2.72. The normalized spacial score (nSPS) is 13.2. The summed E-state index contributed by atoms with van der Waals surface area (Å²) in [6, 6.07) is 5.78. The smallest absolute Gasteiger partial charge is 0.133 e. The summed E-state index contributed by atoms with van der Waals surface area (Å²) in [4.78, 5) is 2.09. The van der Waals surface area contributed by atoms with E-state index in [4.69, 9.17) is 14.7 Å². The summed E-state index contributed by atoms with van der Waals surface area (Å²) in [5.41, 5.74) is 6.68. The van der Waals surface area contributed by atoms with Crippen LogP contribution in [0, 0.1) is 6.92 Å². The molecule has 0 fully saturated rings. The van der Waals surface area contributed by atoms with Crippen LogP contribution in [0.25, 0.3) is 0 Å². The molecule has 0 saturated heterocycles. The minimum absolute atomic E-state index is 0.0574. The van der Waals surface area contributed by atoms with E-state index in [0.717, 1.165) is 17.2 Å². The molecule has 5 nitrogen and oxygen atoms in total. The maximum Gasteiger partial charge on any atom is 0.133 e. The molecule has 0 aromatic carbocycles. The molecule has 5 heteroatoms. The van der Waals surface area contributed by atoms with Crippen molar-refractivity contribution in [2.45, 2.75) is 19.5 Å². The standard InChI is InChI=1S/C12H17N3O2/c1-9-6-10(14-17-9)8-15(2)11(7-13)12-4-3-5-16-12/h3-6,11H,7-8,13H2,1-2H3. The zero-order valence-corrected chi connectivity index (χ0v) is 10.1. The molecule has 1 unspecified atom stereocenters. The highest BCUT2D eigenvalue weighted by Gasteiger charge is 2.19. The molecule has 0 aliphatic rings. The Morgan fingerprint density at radius 2 is 2.35 bits per heavy atom. The Hall–Kier alpha value is -1.59. The summed E-state index contributed by atoms with van der Waals surface area (Å²) in [6.07, 6.45) is 1.66. The Labute approximate surface area is 100 Å². The van der Waals surface area contributed by atoms with Crippen LogP contribution in [-0.2, 0) is 6.54 Å². The fourth-order valence-electron chi connectivity index (χ4n) is 1.85. The molecule has 0 aliphatic heterocycles. The second-order valence-corrected chi connectivity index (χ2v) is 4.11. The van der Waals surface area contributed by atoms with Crippen LogP contribution < -0.4 is 5.73 Å². The minimum atomic E-state index is 0.0574. The van der Waals surface area contributed by atoms with Gasteiger partial charge in [0.15, 0.2) is 0 Å². The van der Waals surface area contributed by atoms with Crippen LogP contribution in [0.15, 0.2) is 33.4 Å². The van der Waals surface area contributed by atoms with E-state index in [1.54, 1.807) is 6.26 Å². The number of nitrogens with zero attached hydrogens (tertiary/aromatic N) is 2. The second kappa shape index (κ2) is 5.16. The predicted octanol–water partition coefficient (Wildman–Crippen LogP) is 1.71. The number of aromatic nitrogens is 1. The highest BCUT2D eigenvalue weighted by atomic mass is 16.5. The molecule has 0 saturated carbocycles. The maximum atomic E-state index is 5.78. The van der Waals surface area contributed by atoms with E-state index in [2.05, 4.69) is 10.1 Å². The zero-order valence-electron chi connectivity index (χ0n) is 10.1. The summed E-state index contributed by atoms with van der Waals surface area (Å²) >= 11 is 0. The number of nitrogens with two attached hydrogens (primary N) is 1. The molecule has 0 bridgehead atoms. The van der Waals surface area contributed by atoms with Crippen molar-refractivity contribution in [3.63, 3.8) is 0 Å². The molecule has 2 N–H and O–H groups in total. The van der Waals surface area contributed by atoms with Crippen molar-refractivity contribution < 1.29 is 8.94 Å². The summed E-state index contributed by atoms with van der Waals surface area (Å²) in [5.74, 6) is 1.69. The molecule has 2 aromatic rings. The second-order valence-electron chi connectivity index (χ2n) is 4.11. The molecule has 92 valence electrons. The monoisotopic (exact) mass is 235 g/mol. The van der Waals surface area contributed by atoms with Gasteiger partial charge in [-0.2, -0.15) is 0 Å². The van der Waals surface area contributed by atoms with Crippen LogP contribution in [0.4, 0.5) is 0 Å². The van der Waals surface area contributed by atoms with Gasteiger partial charge in [0, 0.05) is 19.2 Å². The molecule has 0 aliphatic carbocycles. The number of likely N-dealkylation sites (N-methyl/N-ethyl adjacent to an activating group) is 1. The zero-order chi connectivity index (χ0) is 12.3. The topological polar surface area (TPSA) is 68.4 Å². The van der Waals surface area contributed by atoms with Crippen LogP contribution in [0.3, 0.4) is 0 Å². The first kappa shape index (κ1) is 11.9. The van der Waals surface area contributed by atoms with Crippen molar-refractivity contribution in [3.05, 3.63) is 41.7 Å². The van der Waals surface area contributed by atoms with Gasteiger partial charge in [0.05, 0.1) is 18.0 Å². The van der Waals surface area contributed by atoms with E-state index in [-0.39, 0.29) is 6.04 Å². The van der Waals surface area contributed by atoms with Gasteiger partial charge in [-0.25, -0.2) is 0 Å². The van der Waals surface area contributed by atoms with Crippen LogP contribution in [0.2, 0.25) is 0 Å². The molecule has 0 spiro atoms. The lowest BCUT2D eigenvalue weighted by atomic mass is 10.2. The van der Waals surface area contributed by atoms with Crippen molar-refractivity contribution in [2.24, 2.45) is 5.73 Å². The molecular weight excluding hydrogens is 218 g/mol. The van der Waals surface area contributed by atoms with Crippen molar-refractivity contribution in [1.82, 2.24) is 10.1 Å². The van der Waals surface area contributed by atoms with Gasteiger partial charge >= 0.3 is 0 Å². The molecule has 17 heavy (non-hydrogen) atoms. The Balaban J connectivity index is 2.05. The van der Waals surface area contributed by atoms with Crippen molar-refractivity contribution in [1.29, 1.82) is 0 Å². The summed E-state index contributed by atoms with van der Waals surface area (Å²) in [5, 5.41) is 3.97. The number of rotatable bonds is 5. The Morgan fingerprint density at radius 1 is 1.53 bits per heavy atom. The molecule has 2 rings (SSSR count). The van der Waals surface area contributed by atoms with Gasteiger partial charge in [0.25, 0.3) is 0 Å². The SMILES string of the molecule is Cc1cc(CN(C)C(CN)c2ccco2)no1. The molecule has 0 radical (unpaired) electrons. The summed E-state index contributed by atoms with van der Waals surface area (Å²) in [7, 11) is 1.99. The predicted molar refractivity (Wildman–Crippen MR) is 63.2 cm³/mol. The first-order chi connectivity index (χ1) is 8.20. The van der Waals surface area contributed by atoms with Gasteiger partial charge in [-0.3, -0.25) is 4.90 Å². The fraction of sp³-hybridized carbons (Fsp3) is 0.417. The number of furan rings is 1. The Bertz CT molecular complexity index is 450. The van der Waals surface area contributed by atoms with Crippen LogP contribution in [0.1, 0.15) is 23.3 Å². The van der Waals surface area contributed by atoms with Crippen LogP contribution in [0.5, 0.6) is 0 Å². The van der Waals surface area contributed by atoms with Crippen LogP contribution in [-0.4, -0.2) is 23.6 Å². The van der Waals surface area contributed by atoms with E-state index in [0.29, 0.717) is 13.1 Å². The molecule has 2 heterocycles. The lowest BCUT2D eigenvalue weighted by molar-refractivity contribution is 0.207. The largest absolute Gasteiger partial charge is 0.468 e. The number of hydrogen-bond acceptors (Lipinski definition) is 5. The van der Waals surface area contributed by atoms with Gasteiger partial charge in [0.2, 0.25) is 0 Å². The van der Waals surface area contributed by atoms with Crippen LogP contribution >= 0.6 is 0 Å². The lowest BCUT2D eigenvalue weighted by Gasteiger charge is -2.24. The Morgan fingerprint density at radius 3 is 2.88 bits per heavy atom. The first-order valence-corrected chi connectivity index (χ1v) is 5.56. The molecular formula is C12H17N3O2. The van der Waals surface area contributed by atoms with Gasteiger partial charge in [-0.1, -0.05) is 5.16 Å². The van der Waals surface area contributed by atoms with E-state index in [1.807, 2.05) is 32.2 Å². The molecule has 0 amide bonds. The third kappa shape index (κ3) is 2.75. The van der Waals surface area contributed by atoms with Gasteiger partial charge in [0.1, 0.15) is 11.5 Å². The van der Waals surface area contributed by atoms with Gasteiger partial charge < -0.3 is 14.7 Å². The quantitative estimate of drug-likeness (QED) is 0.854. The maximum absolute atomic E-state index is 5.78. The third-order valence-electron chi connectivity index (χ3n) is 2.72. The average molecular weight is 235 g/mol. The molecule has 2 aromatic heterocycles. The molecule has 1 atom stereocenters. The average Bonchev–Trinajstić information content (AvgIpc) is 2.92. The van der Waals surface area contributed by atoms with Crippen molar-refractivity contribution >= 4 is 0 Å². The highest BCUT2D eigenvalue weighted by molar-refractivity contribution is 5.07. The van der Waals surface area contributed by atoms with E-state index in [1.165, 1.54) is 0 Å². The fourth-order valence-corrected chi connectivity index (χ4v) is 1.85. The van der Waals surface area contributed by atoms with Crippen molar-refractivity contribution in [2.75, 3.05) is 13.6 Å². The minimum Gasteiger partial charge on any atom is -0.468 e. The van der Waals surface area contributed by atoms with Gasteiger partial charge in [-0.15, -0.1) is 0 Å². The van der Waals surface area contributed by atoms with E-state index in [9.17, 15) is 0 Å². The number of hydrogen-bond donors (Lipinski definition) is 1.